The lowest BCUT2D eigenvalue weighted by molar-refractivity contribution is 0.748. The lowest BCUT2D eigenvalue weighted by Gasteiger charge is -2.15. The Hall–Kier alpha value is -1.52. The Morgan fingerprint density at radius 2 is 1.77 bits per heavy atom. The molecule has 4 nitrogen and oxygen atoms in total. The standard InChI is InChI=1S/C16H18Cl2N4/c1-10-19-15(21-12-4-2-3-5-12)9-16(20-10)22-14-8-11(17)6-7-13(14)18/h6-9,12H,2-5H2,1H3,(H2,19,20,21,22). The Kier molecular flexibility index (Phi) is 4.69. The predicted octanol–water partition coefficient (Wildman–Crippen LogP) is 5.19. The smallest absolute Gasteiger partial charge is 0.136 e. The van der Waals surface area contributed by atoms with E-state index in [0.29, 0.717) is 27.7 Å². The second kappa shape index (κ2) is 6.71. The molecule has 1 fully saturated rings. The first kappa shape index (κ1) is 15.4. The van der Waals surface area contributed by atoms with Crippen molar-refractivity contribution in [2.45, 2.75) is 38.6 Å². The molecular weight excluding hydrogens is 319 g/mol. The monoisotopic (exact) mass is 336 g/mol. The van der Waals surface area contributed by atoms with Crippen molar-refractivity contribution in [1.82, 2.24) is 9.97 Å². The normalized spacial score (nSPS) is 15.0. The molecule has 1 saturated carbocycles. The topological polar surface area (TPSA) is 49.8 Å². The van der Waals surface area contributed by atoms with E-state index in [0.717, 1.165) is 11.5 Å². The largest absolute Gasteiger partial charge is 0.367 e. The number of aryl methyl sites for hydroxylation is 1. The predicted molar refractivity (Wildman–Crippen MR) is 92.4 cm³/mol. The maximum absolute atomic E-state index is 6.18. The lowest BCUT2D eigenvalue weighted by Crippen LogP contribution is -2.16. The molecule has 1 aromatic heterocycles. The van der Waals surface area contributed by atoms with Crippen LogP contribution in [0.25, 0.3) is 0 Å². The third-order valence-electron chi connectivity index (χ3n) is 3.74. The SMILES string of the molecule is Cc1nc(Nc2cc(Cl)ccc2Cl)cc(NC2CCCC2)n1. The first-order valence-corrected chi connectivity index (χ1v) is 8.20. The minimum absolute atomic E-state index is 0.511. The van der Waals surface area contributed by atoms with Crippen LogP contribution in [0.15, 0.2) is 24.3 Å². The van der Waals surface area contributed by atoms with E-state index in [4.69, 9.17) is 23.2 Å². The maximum Gasteiger partial charge on any atom is 0.136 e. The van der Waals surface area contributed by atoms with E-state index in [9.17, 15) is 0 Å². The molecule has 0 atom stereocenters. The van der Waals surface area contributed by atoms with Gasteiger partial charge in [0.1, 0.15) is 17.5 Å². The third-order valence-corrected chi connectivity index (χ3v) is 4.30. The van der Waals surface area contributed by atoms with Gasteiger partial charge in [-0.1, -0.05) is 36.0 Å². The number of hydrogen-bond acceptors (Lipinski definition) is 4. The quantitative estimate of drug-likeness (QED) is 0.806. The van der Waals surface area contributed by atoms with E-state index in [1.807, 2.05) is 13.0 Å². The molecule has 2 aromatic rings. The number of aromatic nitrogens is 2. The minimum atomic E-state index is 0.511. The fourth-order valence-electron chi connectivity index (χ4n) is 2.72. The molecule has 22 heavy (non-hydrogen) atoms. The van der Waals surface area contributed by atoms with Gasteiger partial charge in [-0.15, -0.1) is 0 Å². The van der Waals surface area contributed by atoms with Crippen LogP contribution >= 0.6 is 23.2 Å². The van der Waals surface area contributed by atoms with E-state index in [2.05, 4.69) is 20.6 Å². The Labute approximate surface area is 140 Å². The van der Waals surface area contributed by atoms with Gasteiger partial charge in [-0.2, -0.15) is 0 Å². The fourth-order valence-corrected chi connectivity index (χ4v) is 3.05. The third kappa shape index (κ3) is 3.81. The van der Waals surface area contributed by atoms with Crippen molar-refractivity contribution in [2.24, 2.45) is 0 Å². The summed E-state index contributed by atoms with van der Waals surface area (Å²) in [7, 11) is 0. The average Bonchev–Trinajstić information content (AvgIpc) is 2.95. The van der Waals surface area contributed by atoms with Gasteiger partial charge in [-0.3, -0.25) is 0 Å². The number of rotatable bonds is 4. The molecule has 3 rings (SSSR count). The number of hydrogen-bond donors (Lipinski definition) is 2. The summed E-state index contributed by atoms with van der Waals surface area (Å²) in [6, 6.07) is 7.72. The van der Waals surface area contributed by atoms with Crippen molar-refractivity contribution in [1.29, 1.82) is 0 Å². The van der Waals surface area contributed by atoms with Gasteiger partial charge >= 0.3 is 0 Å². The average molecular weight is 337 g/mol. The molecule has 0 spiro atoms. The van der Waals surface area contributed by atoms with Gasteiger partial charge in [0.25, 0.3) is 0 Å². The number of halogens is 2. The second-order valence-electron chi connectivity index (χ2n) is 5.56. The van der Waals surface area contributed by atoms with Crippen LogP contribution in [-0.2, 0) is 0 Å². The summed E-state index contributed by atoms with van der Waals surface area (Å²) in [6.45, 7) is 1.88. The Bertz CT molecular complexity index is 669. The highest BCUT2D eigenvalue weighted by Gasteiger charge is 2.15. The zero-order valence-electron chi connectivity index (χ0n) is 12.4. The summed E-state index contributed by atoms with van der Waals surface area (Å²) in [4.78, 5) is 8.87. The fraction of sp³-hybridized carbons (Fsp3) is 0.375. The van der Waals surface area contributed by atoms with Crippen LogP contribution in [0, 0.1) is 6.92 Å². The van der Waals surface area contributed by atoms with Crippen LogP contribution in [0.1, 0.15) is 31.5 Å². The molecule has 2 N–H and O–H groups in total. The molecule has 1 aliphatic carbocycles. The van der Waals surface area contributed by atoms with Crippen molar-refractivity contribution in [3.05, 3.63) is 40.1 Å². The Morgan fingerprint density at radius 1 is 1.05 bits per heavy atom. The summed E-state index contributed by atoms with van der Waals surface area (Å²) in [5.74, 6) is 2.26. The molecule has 116 valence electrons. The Morgan fingerprint density at radius 3 is 2.55 bits per heavy atom. The molecule has 1 heterocycles. The molecule has 0 amide bonds. The first-order chi connectivity index (χ1) is 10.6. The van der Waals surface area contributed by atoms with E-state index < -0.39 is 0 Å². The summed E-state index contributed by atoms with van der Waals surface area (Å²) >= 11 is 12.2. The molecule has 0 aliphatic heterocycles. The highest BCUT2D eigenvalue weighted by molar-refractivity contribution is 6.35. The first-order valence-electron chi connectivity index (χ1n) is 7.44. The molecular formula is C16H18Cl2N4. The van der Waals surface area contributed by atoms with Crippen LogP contribution in [0.5, 0.6) is 0 Å². The maximum atomic E-state index is 6.18. The van der Waals surface area contributed by atoms with Gasteiger partial charge in [-0.25, -0.2) is 9.97 Å². The molecule has 0 saturated heterocycles. The zero-order valence-corrected chi connectivity index (χ0v) is 13.9. The van der Waals surface area contributed by atoms with Gasteiger partial charge in [0.05, 0.1) is 10.7 Å². The van der Waals surface area contributed by atoms with Gasteiger partial charge < -0.3 is 10.6 Å². The highest BCUT2D eigenvalue weighted by atomic mass is 35.5. The highest BCUT2D eigenvalue weighted by Crippen LogP contribution is 2.29. The van der Waals surface area contributed by atoms with Crippen LogP contribution < -0.4 is 10.6 Å². The van der Waals surface area contributed by atoms with Gasteiger partial charge in [-0.05, 0) is 38.0 Å². The minimum Gasteiger partial charge on any atom is -0.367 e. The van der Waals surface area contributed by atoms with E-state index >= 15 is 0 Å². The van der Waals surface area contributed by atoms with Crippen molar-refractivity contribution >= 4 is 40.5 Å². The molecule has 0 radical (unpaired) electrons. The molecule has 1 aliphatic rings. The van der Waals surface area contributed by atoms with Crippen LogP contribution in [0.2, 0.25) is 10.0 Å². The Balaban J connectivity index is 1.81. The molecule has 0 bridgehead atoms. The van der Waals surface area contributed by atoms with Crippen molar-refractivity contribution in [2.75, 3.05) is 10.6 Å². The van der Waals surface area contributed by atoms with Crippen molar-refractivity contribution in [3.63, 3.8) is 0 Å². The van der Waals surface area contributed by atoms with Gasteiger partial charge in [0.15, 0.2) is 0 Å². The molecule has 0 unspecified atom stereocenters. The van der Waals surface area contributed by atoms with Crippen molar-refractivity contribution in [3.8, 4) is 0 Å². The van der Waals surface area contributed by atoms with E-state index in [-0.39, 0.29) is 0 Å². The number of nitrogens with zero attached hydrogens (tertiary/aromatic N) is 2. The number of benzene rings is 1. The summed E-state index contributed by atoms with van der Waals surface area (Å²) in [5, 5.41) is 7.92. The van der Waals surface area contributed by atoms with Crippen LogP contribution in [0.4, 0.5) is 17.3 Å². The summed E-state index contributed by atoms with van der Waals surface area (Å²) < 4.78 is 0. The van der Waals surface area contributed by atoms with Gasteiger partial charge in [0.2, 0.25) is 0 Å². The molecule has 6 heteroatoms. The van der Waals surface area contributed by atoms with Crippen molar-refractivity contribution < 1.29 is 0 Å². The second-order valence-corrected chi connectivity index (χ2v) is 6.40. The van der Waals surface area contributed by atoms with Crippen LogP contribution in [-0.4, -0.2) is 16.0 Å². The number of anilines is 3. The molecule has 1 aromatic carbocycles. The van der Waals surface area contributed by atoms with Crippen LogP contribution in [0.3, 0.4) is 0 Å². The lowest BCUT2D eigenvalue weighted by atomic mass is 10.2. The number of nitrogens with one attached hydrogen (secondary N) is 2. The summed E-state index contributed by atoms with van der Waals surface area (Å²) in [6.07, 6.45) is 4.97. The zero-order chi connectivity index (χ0) is 15.5. The van der Waals surface area contributed by atoms with Gasteiger partial charge in [0, 0.05) is 17.1 Å². The summed E-state index contributed by atoms with van der Waals surface area (Å²) in [5.41, 5.74) is 0.735. The van der Waals surface area contributed by atoms with E-state index in [1.54, 1.807) is 18.2 Å². The van der Waals surface area contributed by atoms with E-state index in [1.165, 1.54) is 25.7 Å².